The van der Waals surface area contributed by atoms with Crippen LogP contribution in [-0.2, 0) is 12.7 Å². The summed E-state index contributed by atoms with van der Waals surface area (Å²) in [5.41, 5.74) is 2.64. The van der Waals surface area contributed by atoms with Crippen LogP contribution in [0.1, 0.15) is 43.6 Å². The highest BCUT2D eigenvalue weighted by Gasteiger charge is 2.39. The van der Waals surface area contributed by atoms with E-state index in [0.717, 1.165) is 22.9 Å². The minimum absolute atomic E-state index is 0.0665. The molecule has 2 amide bonds. The molecule has 3 N–H and O–H groups in total. The van der Waals surface area contributed by atoms with E-state index >= 15 is 0 Å². The SMILES string of the molecule is Cc1c(NC(=O)c2cc(C(N)=O)nc3cc(F)ccc23)c(C(F)(F)F)nn1Cc1ncc(C#N)cn1. The highest BCUT2D eigenvalue weighted by molar-refractivity contribution is 6.14. The zero-order chi connectivity index (χ0) is 26.2. The van der Waals surface area contributed by atoms with Crippen molar-refractivity contribution in [1.82, 2.24) is 24.7 Å². The van der Waals surface area contributed by atoms with Gasteiger partial charge < -0.3 is 11.1 Å². The fraction of sp³-hybridized carbons (Fsp3) is 0.136. The first-order valence-electron chi connectivity index (χ1n) is 10.0. The number of amides is 2. The lowest BCUT2D eigenvalue weighted by Crippen LogP contribution is -2.19. The average molecular weight is 498 g/mol. The van der Waals surface area contributed by atoms with Crippen molar-refractivity contribution in [2.24, 2.45) is 5.73 Å². The first-order valence-corrected chi connectivity index (χ1v) is 10.0. The van der Waals surface area contributed by atoms with Crippen LogP contribution in [0.5, 0.6) is 0 Å². The Labute approximate surface area is 199 Å². The molecule has 0 unspecified atom stereocenters. The number of fused-ring (bicyclic) bond motifs is 1. The van der Waals surface area contributed by atoms with Gasteiger partial charge in [-0.25, -0.2) is 19.3 Å². The summed E-state index contributed by atoms with van der Waals surface area (Å²) in [7, 11) is 0. The van der Waals surface area contributed by atoms with Gasteiger partial charge in [-0.1, -0.05) is 0 Å². The van der Waals surface area contributed by atoms with E-state index in [4.69, 9.17) is 11.0 Å². The number of pyridine rings is 1. The number of halogens is 4. The number of aromatic nitrogens is 5. The third kappa shape index (κ3) is 4.67. The molecule has 0 aliphatic carbocycles. The van der Waals surface area contributed by atoms with Crippen molar-refractivity contribution in [3.05, 3.63) is 76.5 Å². The monoisotopic (exact) mass is 498 g/mol. The van der Waals surface area contributed by atoms with Gasteiger partial charge in [-0.05, 0) is 25.1 Å². The average Bonchev–Trinajstić information content (AvgIpc) is 3.13. The van der Waals surface area contributed by atoms with Crippen molar-refractivity contribution in [1.29, 1.82) is 5.26 Å². The fourth-order valence-electron chi connectivity index (χ4n) is 3.37. The van der Waals surface area contributed by atoms with E-state index in [-0.39, 0.29) is 45.8 Å². The molecule has 3 heterocycles. The number of hydrogen-bond donors (Lipinski definition) is 2. The third-order valence-electron chi connectivity index (χ3n) is 5.11. The predicted octanol–water partition coefficient (Wildman–Crippen LogP) is 2.96. The zero-order valence-corrected chi connectivity index (χ0v) is 18.3. The van der Waals surface area contributed by atoms with Crippen LogP contribution in [0.25, 0.3) is 10.9 Å². The smallest absolute Gasteiger partial charge is 0.364 e. The van der Waals surface area contributed by atoms with Crippen molar-refractivity contribution in [3.8, 4) is 6.07 Å². The normalized spacial score (nSPS) is 11.3. The molecule has 182 valence electrons. The molecule has 0 fully saturated rings. The molecule has 0 spiro atoms. The maximum absolute atomic E-state index is 13.8. The van der Waals surface area contributed by atoms with E-state index in [1.807, 2.05) is 6.07 Å². The number of nitrogens with zero attached hydrogens (tertiary/aromatic N) is 6. The number of rotatable bonds is 5. The van der Waals surface area contributed by atoms with Gasteiger partial charge in [0.2, 0.25) is 0 Å². The summed E-state index contributed by atoms with van der Waals surface area (Å²) in [6, 6.07) is 6.04. The number of carbonyl (C=O) groups is 2. The first-order chi connectivity index (χ1) is 17.0. The zero-order valence-electron chi connectivity index (χ0n) is 18.3. The summed E-state index contributed by atoms with van der Waals surface area (Å²) in [4.78, 5) is 36.5. The molecule has 0 saturated carbocycles. The Morgan fingerprint density at radius 1 is 1.19 bits per heavy atom. The largest absolute Gasteiger partial charge is 0.437 e. The van der Waals surface area contributed by atoms with E-state index < -0.39 is 35.2 Å². The van der Waals surface area contributed by atoms with Gasteiger partial charge in [0.15, 0.2) is 5.69 Å². The molecular formula is C22H14F4N8O2. The summed E-state index contributed by atoms with van der Waals surface area (Å²) < 4.78 is 56.0. The van der Waals surface area contributed by atoms with Crippen LogP contribution in [0, 0.1) is 24.1 Å². The molecule has 36 heavy (non-hydrogen) atoms. The maximum Gasteiger partial charge on any atom is 0.437 e. The lowest BCUT2D eigenvalue weighted by molar-refractivity contribution is -0.140. The highest BCUT2D eigenvalue weighted by Crippen LogP contribution is 2.36. The van der Waals surface area contributed by atoms with E-state index in [0.29, 0.717) is 0 Å². The van der Waals surface area contributed by atoms with Gasteiger partial charge in [0, 0.05) is 23.8 Å². The minimum atomic E-state index is -4.94. The van der Waals surface area contributed by atoms with Crippen molar-refractivity contribution >= 4 is 28.4 Å². The van der Waals surface area contributed by atoms with Crippen molar-refractivity contribution in [3.63, 3.8) is 0 Å². The van der Waals surface area contributed by atoms with Gasteiger partial charge in [0.05, 0.1) is 28.0 Å². The van der Waals surface area contributed by atoms with Gasteiger partial charge in [-0.3, -0.25) is 14.3 Å². The Bertz CT molecular complexity index is 1560. The van der Waals surface area contributed by atoms with E-state index in [1.165, 1.54) is 25.4 Å². The van der Waals surface area contributed by atoms with Crippen molar-refractivity contribution < 1.29 is 27.2 Å². The number of hydrogen-bond acceptors (Lipinski definition) is 7. The second-order valence-corrected chi connectivity index (χ2v) is 7.50. The minimum Gasteiger partial charge on any atom is -0.364 e. The third-order valence-corrected chi connectivity index (χ3v) is 5.11. The molecule has 3 aromatic heterocycles. The highest BCUT2D eigenvalue weighted by atomic mass is 19.4. The molecule has 4 rings (SSSR count). The van der Waals surface area contributed by atoms with Crippen LogP contribution >= 0.6 is 0 Å². The summed E-state index contributed by atoms with van der Waals surface area (Å²) in [5, 5.41) is 14.7. The molecule has 4 aromatic rings. The molecule has 0 bridgehead atoms. The maximum atomic E-state index is 13.8. The molecule has 0 saturated heterocycles. The topological polar surface area (TPSA) is 152 Å². The Hall–Kier alpha value is -4.93. The Morgan fingerprint density at radius 3 is 2.50 bits per heavy atom. The Balaban J connectivity index is 1.76. The Morgan fingerprint density at radius 2 is 1.89 bits per heavy atom. The molecule has 10 nitrogen and oxygen atoms in total. The first kappa shape index (κ1) is 24.2. The van der Waals surface area contributed by atoms with Crippen LogP contribution in [0.15, 0.2) is 36.7 Å². The second kappa shape index (κ2) is 9.02. The van der Waals surface area contributed by atoms with E-state index in [2.05, 4.69) is 25.4 Å². The van der Waals surface area contributed by atoms with Gasteiger partial charge in [-0.2, -0.15) is 23.5 Å². The van der Waals surface area contributed by atoms with Crippen molar-refractivity contribution in [2.75, 3.05) is 5.32 Å². The number of anilines is 1. The number of nitrogens with one attached hydrogen (secondary N) is 1. The number of nitriles is 1. The second-order valence-electron chi connectivity index (χ2n) is 7.50. The number of nitrogens with two attached hydrogens (primary N) is 1. The number of alkyl halides is 3. The molecular weight excluding hydrogens is 484 g/mol. The predicted molar refractivity (Wildman–Crippen MR) is 116 cm³/mol. The molecule has 1 aromatic carbocycles. The summed E-state index contributed by atoms with van der Waals surface area (Å²) in [6.07, 6.45) is -2.52. The van der Waals surface area contributed by atoms with E-state index in [1.54, 1.807) is 0 Å². The van der Waals surface area contributed by atoms with E-state index in [9.17, 15) is 27.2 Å². The molecule has 0 aliphatic rings. The lowest BCUT2D eigenvalue weighted by atomic mass is 10.1. The summed E-state index contributed by atoms with van der Waals surface area (Å²) >= 11 is 0. The van der Waals surface area contributed by atoms with Crippen LogP contribution in [-0.4, -0.2) is 36.5 Å². The van der Waals surface area contributed by atoms with Crippen LogP contribution in [0.4, 0.5) is 23.2 Å². The van der Waals surface area contributed by atoms with Gasteiger partial charge in [0.1, 0.15) is 29.9 Å². The van der Waals surface area contributed by atoms with Crippen molar-refractivity contribution in [2.45, 2.75) is 19.6 Å². The number of carbonyl (C=O) groups excluding carboxylic acids is 2. The standard InChI is InChI=1S/C22H14F4N8O2/c1-10-18(19(22(24,25)26)33-34(10)9-17-29-7-11(6-27)8-30-17)32-21(36)14-5-16(20(28)35)31-15-4-12(23)2-3-13(14)15/h2-5,7-8H,9H2,1H3,(H2,28,35)(H,32,36). The summed E-state index contributed by atoms with van der Waals surface area (Å²) in [6.45, 7) is 1.02. The van der Waals surface area contributed by atoms with Crippen LogP contribution in [0.2, 0.25) is 0 Å². The Kier molecular flexibility index (Phi) is 6.07. The van der Waals surface area contributed by atoms with Crippen LogP contribution < -0.4 is 11.1 Å². The molecule has 0 radical (unpaired) electrons. The molecule has 0 atom stereocenters. The van der Waals surface area contributed by atoms with Crippen LogP contribution in [0.3, 0.4) is 0 Å². The molecule has 0 aliphatic heterocycles. The lowest BCUT2D eigenvalue weighted by Gasteiger charge is -2.11. The molecule has 14 heteroatoms. The van der Waals surface area contributed by atoms with Gasteiger partial charge in [0.25, 0.3) is 11.8 Å². The number of benzene rings is 1. The number of primary amides is 1. The quantitative estimate of drug-likeness (QED) is 0.401. The fourth-order valence-corrected chi connectivity index (χ4v) is 3.37. The van der Waals surface area contributed by atoms with Gasteiger partial charge >= 0.3 is 6.18 Å². The summed E-state index contributed by atoms with van der Waals surface area (Å²) in [5.74, 6) is -2.67. The van der Waals surface area contributed by atoms with Gasteiger partial charge in [-0.15, -0.1) is 0 Å².